The summed E-state index contributed by atoms with van der Waals surface area (Å²) < 4.78 is 0. The number of aliphatic hydroxyl groups is 2. The van der Waals surface area contributed by atoms with Crippen LogP contribution in [-0.4, -0.2) is 47.1 Å². The van der Waals surface area contributed by atoms with E-state index < -0.39 is 6.10 Å². The van der Waals surface area contributed by atoms with Crippen molar-refractivity contribution in [3.8, 4) is 0 Å². The van der Waals surface area contributed by atoms with Crippen molar-refractivity contribution in [3.05, 3.63) is 0 Å². The van der Waals surface area contributed by atoms with E-state index in [9.17, 15) is 0 Å². The third kappa shape index (κ3) is 5.89. The molecule has 0 aliphatic heterocycles. The summed E-state index contributed by atoms with van der Waals surface area (Å²) in [5.74, 6) is 0.225. The van der Waals surface area contributed by atoms with Crippen LogP contribution in [-0.2, 0) is 0 Å². The number of aliphatic hydroxyl groups excluding tert-OH is 2. The molecule has 0 aromatic rings. The summed E-state index contributed by atoms with van der Waals surface area (Å²) in [6.45, 7) is 4.68. The first-order valence-electron chi connectivity index (χ1n) is 5.41. The fraction of sp³-hybridized carbons (Fsp3) is 0.900. The number of hydrogen-bond donors (Lipinski definition) is 5. The standard InChI is InChI=1S/C10H23N3O3/c1-10(2,9(11)13-16)4-3-5-12-6-8(15)7-14/h8,12,14-16H,3-7H2,1-2H3,(H2,11,13). The molecule has 0 amide bonds. The van der Waals surface area contributed by atoms with Crippen LogP contribution in [0.1, 0.15) is 26.7 Å². The normalized spacial score (nSPS) is 15.1. The average Bonchev–Trinajstić information content (AvgIpc) is 2.26. The number of nitrogens with two attached hydrogens (primary N) is 1. The quantitative estimate of drug-likeness (QED) is 0.127. The predicted octanol–water partition coefficient (Wildman–Crippen LogP) is -0.518. The van der Waals surface area contributed by atoms with Crippen LogP contribution in [0.4, 0.5) is 0 Å². The van der Waals surface area contributed by atoms with Gasteiger partial charge in [0, 0.05) is 12.0 Å². The van der Waals surface area contributed by atoms with Gasteiger partial charge in [0.15, 0.2) is 0 Å². The molecule has 0 aliphatic carbocycles. The third-order valence-electron chi connectivity index (χ3n) is 2.55. The molecule has 6 nitrogen and oxygen atoms in total. The summed E-state index contributed by atoms with van der Waals surface area (Å²) >= 11 is 0. The number of nitrogens with one attached hydrogen (secondary N) is 1. The smallest absolute Gasteiger partial charge is 0.144 e. The number of hydrogen-bond acceptors (Lipinski definition) is 5. The van der Waals surface area contributed by atoms with Gasteiger partial charge in [-0.05, 0) is 19.4 Å². The predicted molar refractivity (Wildman–Crippen MR) is 62.4 cm³/mol. The largest absolute Gasteiger partial charge is 0.409 e. The minimum absolute atomic E-state index is 0.225. The molecule has 6 heteroatoms. The summed E-state index contributed by atoms with van der Waals surface area (Å²) in [6.07, 6.45) is 0.920. The van der Waals surface area contributed by atoms with E-state index in [0.29, 0.717) is 6.54 Å². The van der Waals surface area contributed by atoms with Crippen LogP contribution in [0.3, 0.4) is 0 Å². The summed E-state index contributed by atoms with van der Waals surface area (Å²) in [5, 5.41) is 32.2. The van der Waals surface area contributed by atoms with Gasteiger partial charge in [0.2, 0.25) is 0 Å². The molecule has 0 aromatic heterocycles. The molecule has 16 heavy (non-hydrogen) atoms. The maximum atomic E-state index is 9.06. The molecule has 0 saturated heterocycles. The summed E-state index contributed by atoms with van der Waals surface area (Å²) in [5.41, 5.74) is 5.21. The summed E-state index contributed by atoms with van der Waals surface area (Å²) in [6, 6.07) is 0. The first-order chi connectivity index (χ1) is 7.44. The van der Waals surface area contributed by atoms with E-state index in [2.05, 4.69) is 10.5 Å². The van der Waals surface area contributed by atoms with Crippen LogP contribution < -0.4 is 11.1 Å². The first kappa shape index (κ1) is 15.2. The molecule has 1 unspecified atom stereocenters. The highest BCUT2D eigenvalue weighted by atomic mass is 16.4. The number of amidine groups is 1. The molecule has 1 atom stereocenters. The van der Waals surface area contributed by atoms with Crippen LogP contribution in [0.15, 0.2) is 5.16 Å². The van der Waals surface area contributed by atoms with Gasteiger partial charge < -0.3 is 26.5 Å². The molecular weight excluding hydrogens is 210 g/mol. The maximum absolute atomic E-state index is 9.06. The van der Waals surface area contributed by atoms with Crippen molar-refractivity contribution >= 4 is 5.84 Å². The molecule has 0 heterocycles. The van der Waals surface area contributed by atoms with E-state index in [1.807, 2.05) is 13.8 Å². The maximum Gasteiger partial charge on any atom is 0.144 e. The second-order valence-corrected chi connectivity index (χ2v) is 4.51. The number of nitrogens with zero attached hydrogens (tertiary/aromatic N) is 1. The highest BCUT2D eigenvalue weighted by Crippen LogP contribution is 2.21. The molecule has 0 aromatic carbocycles. The molecule has 0 spiro atoms. The molecule has 0 aliphatic rings. The number of rotatable bonds is 8. The third-order valence-corrected chi connectivity index (χ3v) is 2.55. The fourth-order valence-corrected chi connectivity index (χ4v) is 1.25. The molecule has 0 bridgehead atoms. The van der Waals surface area contributed by atoms with Gasteiger partial charge >= 0.3 is 0 Å². The van der Waals surface area contributed by atoms with Gasteiger partial charge in [-0.15, -0.1) is 0 Å². The van der Waals surface area contributed by atoms with E-state index in [0.717, 1.165) is 19.4 Å². The molecule has 96 valence electrons. The van der Waals surface area contributed by atoms with Crippen molar-refractivity contribution in [1.29, 1.82) is 0 Å². The minimum Gasteiger partial charge on any atom is -0.409 e. The van der Waals surface area contributed by atoms with E-state index >= 15 is 0 Å². The van der Waals surface area contributed by atoms with Crippen molar-refractivity contribution in [2.45, 2.75) is 32.8 Å². The van der Waals surface area contributed by atoms with Gasteiger partial charge in [-0.25, -0.2) is 0 Å². The van der Waals surface area contributed by atoms with Crippen molar-refractivity contribution in [2.75, 3.05) is 19.7 Å². The first-order valence-corrected chi connectivity index (χ1v) is 5.41. The topological polar surface area (TPSA) is 111 Å². The van der Waals surface area contributed by atoms with Crippen LogP contribution in [0.25, 0.3) is 0 Å². The summed E-state index contributed by atoms with van der Waals surface area (Å²) in [7, 11) is 0. The highest BCUT2D eigenvalue weighted by Gasteiger charge is 2.22. The van der Waals surface area contributed by atoms with Gasteiger partial charge in [-0.2, -0.15) is 0 Å². The monoisotopic (exact) mass is 233 g/mol. The van der Waals surface area contributed by atoms with E-state index in [-0.39, 0.29) is 17.9 Å². The Labute approximate surface area is 96.1 Å². The zero-order chi connectivity index (χ0) is 12.6. The van der Waals surface area contributed by atoms with Gasteiger partial charge in [0.25, 0.3) is 0 Å². The van der Waals surface area contributed by atoms with E-state index in [1.165, 1.54) is 0 Å². The lowest BCUT2D eigenvalue weighted by Gasteiger charge is -2.22. The van der Waals surface area contributed by atoms with Gasteiger partial charge in [-0.1, -0.05) is 19.0 Å². The SMILES string of the molecule is CC(C)(CCCNCC(O)CO)C(N)=NO. The van der Waals surface area contributed by atoms with Gasteiger partial charge in [0.1, 0.15) is 5.84 Å². The Morgan fingerprint density at radius 2 is 2.12 bits per heavy atom. The number of oxime groups is 1. The van der Waals surface area contributed by atoms with Crippen molar-refractivity contribution < 1.29 is 15.4 Å². The molecule has 0 radical (unpaired) electrons. The Bertz CT molecular complexity index is 219. The Kier molecular flexibility index (Phi) is 7.03. The van der Waals surface area contributed by atoms with Crippen LogP contribution in [0.5, 0.6) is 0 Å². The van der Waals surface area contributed by atoms with Crippen molar-refractivity contribution in [2.24, 2.45) is 16.3 Å². The zero-order valence-electron chi connectivity index (χ0n) is 9.98. The average molecular weight is 233 g/mol. The second-order valence-electron chi connectivity index (χ2n) is 4.51. The molecule has 0 saturated carbocycles. The Morgan fingerprint density at radius 1 is 1.50 bits per heavy atom. The molecule has 0 fully saturated rings. The molecule has 6 N–H and O–H groups in total. The van der Waals surface area contributed by atoms with E-state index in [4.69, 9.17) is 21.2 Å². The Balaban J connectivity index is 3.66. The van der Waals surface area contributed by atoms with E-state index in [1.54, 1.807) is 0 Å². The van der Waals surface area contributed by atoms with Gasteiger partial charge in [0.05, 0.1) is 12.7 Å². The zero-order valence-corrected chi connectivity index (χ0v) is 9.98. The van der Waals surface area contributed by atoms with Crippen LogP contribution >= 0.6 is 0 Å². The summed E-state index contributed by atoms with van der Waals surface area (Å²) in [4.78, 5) is 0. The lowest BCUT2D eigenvalue weighted by atomic mass is 9.86. The minimum atomic E-state index is -0.711. The van der Waals surface area contributed by atoms with Crippen molar-refractivity contribution in [3.63, 3.8) is 0 Å². The molecular formula is C10H23N3O3. The Morgan fingerprint density at radius 3 is 2.62 bits per heavy atom. The second kappa shape index (κ2) is 7.43. The van der Waals surface area contributed by atoms with Crippen molar-refractivity contribution in [1.82, 2.24) is 5.32 Å². The lowest BCUT2D eigenvalue weighted by Crippen LogP contribution is -2.34. The lowest BCUT2D eigenvalue weighted by molar-refractivity contribution is 0.0944. The highest BCUT2D eigenvalue weighted by molar-refractivity contribution is 5.85. The fourth-order valence-electron chi connectivity index (χ4n) is 1.25. The van der Waals surface area contributed by atoms with Gasteiger partial charge in [-0.3, -0.25) is 0 Å². The van der Waals surface area contributed by atoms with Crippen LogP contribution in [0.2, 0.25) is 0 Å². The Hall–Kier alpha value is -0.850. The van der Waals surface area contributed by atoms with Crippen LogP contribution in [0, 0.1) is 5.41 Å². The molecule has 0 rings (SSSR count).